The standard InChI is InChI=1S/C22H30N6O5S/c1-34-8-7-17(22(32)33)27-19(29)12-25-21(31)18(10-15-11-24-13-26-15)28-20(30)16(23)9-14-5-3-2-4-6-14/h2-6,11,13,16-18H,7-10,12,23H2,1H3,(H,24,26)(H,25,31)(H,27,29)(H,28,30)(H,32,33). The Morgan fingerprint density at radius 2 is 1.82 bits per heavy atom. The Morgan fingerprint density at radius 1 is 1.09 bits per heavy atom. The molecule has 34 heavy (non-hydrogen) atoms. The second-order valence-corrected chi connectivity index (χ2v) is 8.58. The van der Waals surface area contributed by atoms with E-state index in [1.54, 1.807) is 0 Å². The summed E-state index contributed by atoms with van der Waals surface area (Å²) in [6.45, 7) is -0.437. The Morgan fingerprint density at radius 3 is 2.44 bits per heavy atom. The fourth-order valence-electron chi connectivity index (χ4n) is 3.09. The van der Waals surface area contributed by atoms with E-state index in [1.165, 1.54) is 24.3 Å². The zero-order chi connectivity index (χ0) is 24.9. The minimum Gasteiger partial charge on any atom is -0.480 e. The summed E-state index contributed by atoms with van der Waals surface area (Å²) in [7, 11) is 0. The predicted octanol–water partition coefficient (Wildman–Crippen LogP) is -0.554. The van der Waals surface area contributed by atoms with Crippen LogP contribution >= 0.6 is 11.8 Å². The second-order valence-electron chi connectivity index (χ2n) is 7.60. The third-order valence-corrected chi connectivity index (χ3v) is 5.56. The summed E-state index contributed by atoms with van der Waals surface area (Å²) < 4.78 is 0. The van der Waals surface area contributed by atoms with E-state index in [0.29, 0.717) is 17.9 Å². The number of carboxylic acids is 1. The van der Waals surface area contributed by atoms with Gasteiger partial charge in [0, 0.05) is 18.3 Å². The van der Waals surface area contributed by atoms with Crippen molar-refractivity contribution in [3.8, 4) is 0 Å². The summed E-state index contributed by atoms with van der Waals surface area (Å²) in [5, 5.41) is 16.7. The zero-order valence-corrected chi connectivity index (χ0v) is 19.6. The zero-order valence-electron chi connectivity index (χ0n) is 18.8. The number of carbonyl (C=O) groups excluding carboxylic acids is 3. The van der Waals surface area contributed by atoms with Crippen LogP contribution in [0.4, 0.5) is 0 Å². The van der Waals surface area contributed by atoms with Gasteiger partial charge >= 0.3 is 5.97 Å². The van der Waals surface area contributed by atoms with Crippen LogP contribution < -0.4 is 21.7 Å². The molecule has 0 bridgehead atoms. The van der Waals surface area contributed by atoms with Gasteiger partial charge in [-0.05, 0) is 30.4 Å². The minimum atomic E-state index is -1.15. The summed E-state index contributed by atoms with van der Waals surface area (Å²) in [5.74, 6) is -2.36. The number of imidazole rings is 1. The van der Waals surface area contributed by atoms with Gasteiger partial charge in [-0.1, -0.05) is 30.3 Å². The third kappa shape index (κ3) is 9.24. The lowest BCUT2D eigenvalue weighted by Crippen LogP contribution is -2.54. The Kier molecular flexibility index (Phi) is 11.1. The van der Waals surface area contributed by atoms with Crippen molar-refractivity contribution in [1.82, 2.24) is 25.9 Å². The molecule has 0 aliphatic heterocycles. The molecule has 12 heteroatoms. The largest absolute Gasteiger partial charge is 0.480 e. The lowest BCUT2D eigenvalue weighted by molar-refractivity contribution is -0.141. The average Bonchev–Trinajstić information content (AvgIpc) is 3.33. The van der Waals surface area contributed by atoms with Gasteiger partial charge in [-0.2, -0.15) is 11.8 Å². The fraction of sp³-hybridized carbons (Fsp3) is 0.409. The molecule has 1 aromatic carbocycles. The van der Waals surface area contributed by atoms with Crippen LogP contribution in [0.5, 0.6) is 0 Å². The van der Waals surface area contributed by atoms with Crippen molar-refractivity contribution >= 4 is 35.5 Å². The first-order chi connectivity index (χ1) is 16.3. The highest BCUT2D eigenvalue weighted by molar-refractivity contribution is 7.98. The monoisotopic (exact) mass is 490 g/mol. The Bertz CT molecular complexity index is 941. The number of amides is 3. The third-order valence-electron chi connectivity index (χ3n) is 4.91. The van der Waals surface area contributed by atoms with Crippen molar-refractivity contribution in [1.29, 1.82) is 0 Å². The first kappa shape index (κ1) is 26.9. The van der Waals surface area contributed by atoms with E-state index in [4.69, 9.17) is 5.73 Å². The molecule has 0 aliphatic rings. The van der Waals surface area contributed by atoms with E-state index in [9.17, 15) is 24.3 Å². The number of benzene rings is 1. The molecule has 7 N–H and O–H groups in total. The summed E-state index contributed by atoms with van der Waals surface area (Å²) >= 11 is 1.46. The van der Waals surface area contributed by atoms with E-state index < -0.39 is 48.4 Å². The Labute approximate surface area is 201 Å². The number of aromatic amines is 1. The average molecular weight is 491 g/mol. The highest BCUT2D eigenvalue weighted by Gasteiger charge is 2.26. The number of thioether (sulfide) groups is 1. The summed E-state index contributed by atoms with van der Waals surface area (Å²) in [5.41, 5.74) is 7.51. The second kappa shape index (κ2) is 14.0. The van der Waals surface area contributed by atoms with Crippen molar-refractivity contribution in [2.45, 2.75) is 37.4 Å². The molecule has 0 spiro atoms. The van der Waals surface area contributed by atoms with Gasteiger partial charge in [0.05, 0.1) is 18.9 Å². The summed E-state index contributed by atoms with van der Waals surface area (Å²) in [4.78, 5) is 55.7. The molecule has 3 amide bonds. The number of hydrogen-bond donors (Lipinski definition) is 6. The molecule has 0 radical (unpaired) electrons. The maximum Gasteiger partial charge on any atom is 0.326 e. The van der Waals surface area contributed by atoms with Crippen LogP contribution in [0.1, 0.15) is 17.7 Å². The molecule has 0 saturated heterocycles. The van der Waals surface area contributed by atoms with E-state index in [1.807, 2.05) is 36.6 Å². The number of aliphatic carboxylic acids is 1. The van der Waals surface area contributed by atoms with Crippen molar-refractivity contribution in [2.24, 2.45) is 5.73 Å². The number of nitrogens with zero attached hydrogens (tertiary/aromatic N) is 1. The topological polar surface area (TPSA) is 179 Å². The number of carbonyl (C=O) groups is 4. The van der Waals surface area contributed by atoms with Crippen LogP contribution in [-0.2, 0) is 32.0 Å². The molecule has 3 atom stereocenters. The van der Waals surface area contributed by atoms with Crippen molar-refractivity contribution < 1.29 is 24.3 Å². The van der Waals surface area contributed by atoms with Gasteiger partial charge in [-0.3, -0.25) is 14.4 Å². The van der Waals surface area contributed by atoms with Crippen molar-refractivity contribution in [2.75, 3.05) is 18.6 Å². The van der Waals surface area contributed by atoms with E-state index in [0.717, 1.165) is 5.56 Å². The highest BCUT2D eigenvalue weighted by atomic mass is 32.2. The molecule has 0 aliphatic carbocycles. The van der Waals surface area contributed by atoms with E-state index in [-0.39, 0.29) is 12.8 Å². The number of H-pyrrole nitrogens is 1. The van der Waals surface area contributed by atoms with Crippen LogP contribution in [-0.4, -0.2) is 75.4 Å². The molecule has 184 valence electrons. The molecule has 3 unspecified atom stereocenters. The number of nitrogens with one attached hydrogen (secondary N) is 4. The van der Waals surface area contributed by atoms with Crippen LogP contribution in [0.3, 0.4) is 0 Å². The van der Waals surface area contributed by atoms with Gasteiger partial charge in [-0.25, -0.2) is 9.78 Å². The predicted molar refractivity (Wildman–Crippen MR) is 128 cm³/mol. The molecule has 2 aromatic rings. The SMILES string of the molecule is CSCCC(NC(=O)CNC(=O)C(Cc1cnc[nH]1)NC(=O)C(N)Cc1ccccc1)C(=O)O. The van der Waals surface area contributed by atoms with Crippen LogP contribution in [0.2, 0.25) is 0 Å². The summed E-state index contributed by atoms with van der Waals surface area (Å²) in [6, 6.07) is 6.30. The minimum absolute atomic E-state index is 0.0999. The number of aromatic nitrogens is 2. The lowest BCUT2D eigenvalue weighted by atomic mass is 10.0. The van der Waals surface area contributed by atoms with Crippen LogP contribution in [0.15, 0.2) is 42.9 Å². The molecular weight excluding hydrogens is 460 g/mol. The first-order valence-electron chi connectivity index (χ1n) is 10.7. The molecule has 1 aromatic heterocycles. The maximum atomic E-state index is 12.8. The number of rotatable bonds is 14. The molecule has 11 nitrogen and oxygen atoms in total. The van der Waals surface area contributed by atoms with Gasteiger partial charge in [0.2, 0.25) is 17.7 Å². The van der Waals surface area contributed by atoms with Gasteiger partial charge < -0.3 is 31.8 Å². The van der Waals surface area contributed by atoms with Crippen LogP contribution in [0.25, 0.3) is 0 Å². The number of hydrogen-bond acceptors (Lipinski definition) is 7. The smallest absolute Gasteiger partial charge is 0.326 e. The molecular formula is C22H30N6O5S. The fourth-order valence-corrected chi connectivity index (χ4v) is 3.57. The molecule has 0 fully saturated rings. The van der Waals surface area contributed by atoms with Crippen molar-refractivity contribution in [3.63, 3.8) is 0 Å². The Balaban J connectivity index is 1.96. The number of carboxylic acid groups (broad SMARTS) is 1. The maximum absolute atomic E-state index is 12.8. The molecule has 0 saturated carbocycles. The van der Waals surface area contributed by atoms with Gasteiger partial charge in [-0.15, -0.1) is 0 Å². The lowest BCUT2D eigenvalue weighted by Gasteiger charge is -2.21. The van der Waals surface area contributed by atoms with Gasteiger partial charge in [0.25, 0.3) is 0 Å². The summed E-state index contributed by atoms with van der Waals surface area (Å²) in [6.07, 6.45) is 5.45. The molecule has 2 rings (SSSR count). The van der Waals surface area contributed by atoms with Gasteiger partial charge in [0.1, 0.15) is 12.1 Å². The first-order valence-corrected chi connectivity index (χ1v) is 12.1. The van der Waals surface area contributed by atoms with Crippen LogP contribution in [0, 0.1) is 0 Å². The molecule has 1 heterocycles. The van der Waals surface area contributed by atoms with E-state index >= 15 is 0 Å². The highest BCUT2D eigenvalue weighted by Crippen LogP contribution is 2.04. The van der Waals surface area contributed by atoms with Gasteiger partial charge in [0.15, 0.2) is 0 Å². The van der Waals surface area contributed by atoms with E-state index in [2.05, 4.69) is 25.9 Å². The number of nitrogens with two attached hydrogens (primary N) is 1. The van der Waals surface area contributed by atoms with Crippen molar-refractivity contribution in [3.05, 3.63) is 54.1 Å². The quantitative estimate of drug-likeness (QED) is 0.204. The normalized spacial score (nSPS) is 13.4. The Hall–Kier alpha value is -3.38.